The van der Waals surface area contributed by atoms with E-state index in [1.165, 1.54) is 18.7 Å². The van der Waals surface area contributed by atoms with Crippen LogP contribution in [0, 0.1) is 0 Å². The van der Waals surface area contributed by atoms with Gasteiger partial charge in [-0.05, 0) is 33.7 Å². The predicted molar refractivity (Wildman–Crippen MR) is 64.8 cm³/mol. The van der Waals surface area contributed by atoms with E-state index in [1.54, 1.807) is 0 Å². The first-order chi connectivity index (χ1) is 7.18. The Kier molecular flexibility index (Phi) is 5.41. The summed E-state index contributed by atoms with van der Waals surface area (Å²) in [5.74, 6) is -0.356. The van der Waals surface area contributed by atoms with E-state index < -0.39 is 14.6 Å². The molecule has 0 aliphatic heterocycles. The van der Waals surface area contributed by atoms with E-state index in [-0.39, 0.29) is 5.91 Å². The van der Waals surface area contributed by atoms with Crippen LogP contribution in [0.2, 0.25) is 0 Å². The van der Waals surface area contributed by atoms with Gasteiger partial charge in [-0.2, -0.15) is 0 Å². The zero-order valence-electron chi connectivity index (χ0n) is 10.5. The Hall–Kier alpha value is -0.620. The number of sulfone groups is 1. The van der Waals surface area contributed by atoms with Gasteiger partial charge in [0.25, 0.3) is 0 Å². The second kappa shape index (κ2) is 5.63. The molecule has 96 valence electrons. The largest absolute Gasteiger partial charge is 0.342 e. The lowest BCUT2D eigenvalue weighted by Gasteiger charge is -2.29. The fourth-order valence-corrected chi connectivity index (χ4v) is 1.67. The molecule has 0 saturated carbocycles. The molecule has 6 heteroatoms. The summed E-state index contributed by atoms with van der Waals surface area (Å²) in [5, 5.41) is 0. The van der Waals surface area contributed by atoms with Crippen molar-refractivity contribution in [2.45, 2.75) is 31.9 Å². The summed E-state index contributed by atoms with van der Waals surface area (Å²) >= 11 is 0. The van der Waals surface area contributed by atoms with Gasteiger partial charge in [-0.25, -0.2) is 8.42 Å². The molecule has 0 radical (unpaired) electrons. The Labute approximate surface area is 97.9 Å². The van der Waals surface area contributed by atoms with E-state index in [2.05, 4.69) is 0 Å². The minimum atomic E-state index is -3.40. The van der Waals surface area contributed by atoms with Crippen molar-refractivity contribution in [1.29, 1.82) is 0 Å². The highest BCUT2D eigenvalue weighted by atomic mass is 32.2. The summed E-state index contributed by atoms with van der Waals surface area (Å²) in [5.41, 5.74) is 5.37. The van der Waals surface area contributed by atoms with Gasteiger partial charge < -0.3 is 10.6 Å². The molecule has 0 fully saturated rings. The molecule has 1 amide bonds. The number of nitrogens with zero attached hydrogens (tertiary/aromatic N) is 1. The van der Waals surface area contributed by atoms with Crippen LogP contribution in [0.3, 0.4) is 0 Å². The normalized spacial score (nSPS) is 12.6. The van der Waals surface area contributed by atoms with Crippen LogP contribution in [-0.2, 0) is 14.6 Å². The highest BCUT2D eigenvalue weighted by Crippen LogP contribution is 2.18. The monoisotopic (exact) mass is 250 g/mol. The summed E-state index contributed by atoms with van der Waals surface area (Å²) in [6.07, 6.45) is 1.76. The molecule has 0 saturated heterocycles. The van der Waals surface area contributed by atoms with Crippen molar-refractivity contribution in [2.75, 3.05) is 25.9 Å². The molecule has 2 N–H and O–H groups in total. The third-order valence-corrected chi connectivity index (χ3v) is 4.77. The number of carbonyl (C=O) groups is 1. The first-order valence-corrected chi connectivity index (χ1v) is 7.26. The summed E-state index contributed by atoms with van der Waals surface area (Å²) in [4.78, 5) is 13.6. The van der Waals surface area contributed by atoms with Crippen LogP contribution < -0.4 is 5.73 Å². The van der Waals surface area contributed by atoms with Crippen molar-refractivity contribution < 1.29 is 13.2 Å². The lowest BCUT2D eigenvalue weighted by Crippen LogP contribution is -2.50. The van der Waals surface area contributed by atoms with E-state index >= 15 is 0 Å². The second-order valence-electron chi connectivity index (χ2n) is 4.31. The summed E-state index contributed by atoms with van der Waals surface area (Å²) in [7, 11) is -3.40. The van der Waals surface area contributed by atoms with Crippen LogP contribution in [0.15, 0.2) is 0 Å². The summed E-state index contributed by atoms with van der Waals surface area (Å²) in [6, 6.07) is 0. The van der Waals surface area contributed by atoms with Crippen molar-refractivity contribution in [3.05, 3.63) is 0 Å². The molecular weight excluding hydrogens is 228 g/mol. The standard InChI is InChI=1S/C10H22N2O3S/c1-5-12(8-6-7-11)9(13)10(2,3)16(4,14)15/h5-8,11H2,1-4H3. The first-order valence-electron chi connectivity index (χ1n) is 5.37. The van der Waals surface area contributed by atoms with Crippen molar-refractivity contribution in [3.63, 3.8) is 0 Å². The molecule has 0 rings (SSSR count). The Morgan fingerprint density at radius 1 is 1.38 bits per heavy atom. The number of rotatable bonds is 6. The van der Waals surface area contributed by atoms with Gasteiger partial charge in [-0.1, -0.05) is 0 Å². The molecule has 0 heterocycles. The van der Waals surface area contributed by atoms with Crippen LogP contribution >= 0.6 is 0 Å². The zero-order chi connectivity index (χ0) is 13.0. The molecule has 0 aromatic carbocycles. The van der Waals surface area contributed by atoms with E-state index in [4.69, 9.17) is 5.73 Å². The van der Waals surface area contributed by atoms with Crippen LogP contribution in [0.5, 0.6) is 0 Å². The Balaban J connectivity index is 4.88. The van der Waals surface area contributed by atoms with Crippen molar-refractivity contribution in [1.82, 2.24) is 4.90 Å². The molecular formula is C10H22N2O3S. The quantitative estimate of drug-likeness (QED) is 0.720. The number of hydrogen-bond donors (Lipinski definition) is 1. The fraction of sp³-hybridized carbons (Fsp3) is 0.900. The maximum absolute atomic E-state index is 12.1. The fourth-order valence-electron chi connectivity index (χ4n) is 1.22. The van der Waals surface area contributed by atoms with E-state index in [0.29, 0.717) is 26.1 Å². The molecule has 0 aliphatic carbocycles. The van der Waals surface area contributed by atoms with Crippen molar-refractivity contribution in [3.8, 4) is 0 Å². The van der Waals surface area contributed by atoms with Crippen LogP contribution in [0.25, 0.3) is 0 Å². The number of nitrogens with two attached hydrogens (primary N) is 1. The molecule has 0 aromatic heterocycles. The highest BCUT2D eigenvalue weighted by Gasteiger charge is 2.40. The maximum atomic E-state index is 12.1. The molecule has 0 bridgehead atoms. The van der Waals surface area contributed by atoms with Crippen molar-refractivity contribution in [2.24, 2.45) is 5.73 Å². The second-order valence-corrected chi connectivity index (χ2v) is 6.87. The van der Waals surface area contributed by atoms with Crippen LogP contribution in [0.1, 0.15) is 27.2 Å². The van der Waals surface area contributed by atoms with Crippen molar-refractivity contribution >= 4 is 15.7 Å². The topological polar surface area (TPSA) is 80.5 Å². The van der Waals surface area contributed by atoms with Gasteiger partial charge >= 0.3 is 0 Å². The molecule has 16 heavy (non-hydrogen) atoms. The molecule has 0 aliphatic rings. The zero-order valence-corrected chi connectivity index (χ0v) is 11.3. The van der Waals surface area contributed by atoms with E-state index in [9.17, 15) is 13.2 Å². The van der Waals surface area contributed by atoms with Crippen LogP contribution in [-0.4, -0.2) is 49.9 Å². The van der Waals surface area contributed by atoms with Gasteiger partial charge in [-0.15, -0.1) is 0 Å². The average molecular weight is 250 g/mol. The number of amides is 1. The summed E-state index contributed by atoms with van der Waals surface area (Å²) < 4.78 is 21.7. The van der Waals surface area contributed by atoms with Gasteiger partial charge in [0, 0.05) is 19.3 Å². The van der Waals surface area contributed by atoms with E-state index in [0.717, 1.165) is 6.26 Å². The molecule has 5 nitrogen and oxygen atoms in total. The predicted octanol–water partition coefficient (Wildman–Crippen LogP) is 0.00690. The molecule has 0 aromatic rings. The van der Waals surface area contributed by atoms with E-state index in [1.807, 2.05) is 6.92 Å². The maximum Gasteiger partial charge on any atom is 0.243 e. The molecule has 0 unspecified atom stereocenters. The smallest absolute Gasteiger partial charge is 0.243 e. The Morgan fingerprint density at radius 2 is 1.88 bits per heavy atom. The number of hydrogen-bond acceptors (Lipinski definition) is 4. The SMILES string of the molecule is CCN(CCCN)C(=O)C(C)(C)S(C)(=O)=O. The third kappa shape index (κ3) is 3.45. The third-order valence-electron chi connectivity index (χ3n) is 2.74. The highest BCUT2D eigenvalue weighted by molar-refractivity contribution is 7.92. The van der Waals surface area contributed by atoms with Gasteiger partial charge in [0.2, 0.25) is 5.91 Å². The van der Waals surface area contributed by atoms with Gasteiger partial charge in [0.15, 0.2) is 9.84 Å². The Bertz CT molecular complexity index is 336. The average Bonchev–Trinajstić information content (AvgIpc) is 2.16. The summed E-state index contributed by atoms with van der Waals surface area (Å²) in [6.45, 7) is 6.20. The van der Waals surface area contributed by atoms with Gasteiger partial charge in [0.05, 0.1) is 0 Å². The molecule has 0 atom stereocenters. The lowest BCUT2D eigenvalue weighted by atomic mass is 10.1. The van der Waals surface area contributed by atoms with Gasteiger partial charge in [-0.3, -0.25) is 4.79 Å². The minimum Gasteiger partial charge on any atom is -0.342 e. The molecule has 0 spiro atoms. The lowest BCUT2D eigenvalue weighted by molar-refractivity contribution is -0.133. The van der Waals surface area contributed by atoms with Crippen LogP contribution in [0.4, 0.5) is 0 Å². The minimum absolute atomic E-state index is 0.356. The first kappa shape index (κ1) is 15.4. The van der Waals surface area contributed by atoms with Gasteiger partial charge in [0.1, 0.15) is 4.75 Å². The number of carbonyl (C=O) groups excluding carboxylic acids is 1. The Morgan fingerprint density at radius 3 is 2.19 bits per heavy atom.